The lowest BCUT2D eigenvalue weighted by atomic mass is 9.79. The molecule has 3 aromatic carbocycles. The van der Waals surface area contributed by atoms with E-state index in [9.17, 15) is 10.0 Å². The molecule has 4 heteroatoms. The lowest BCUT2D eigenvalue weighted by Gasteiger charge is -2.20. The van der Waals surface area contributed by atoms with Gasteiger partial charge in [0, 0.05) is 15.2 Å². The van der Waals surface area contributed by atoms with Gasteiger partial charge in [0.2, 0.25) is 0 Å². The molecule has 1 aliphatic rings. The van der Waals surface area contributed by atoms with E-state index in [1.54, 1.807) is 17.8 Å². The van der Waals surface area contributed by atoms with E-state index in [2.05, 4.69) is 36.4 Å². The number of benzene rings is 3. The van der Waals surface area contributed by atoms with Crippen molar-refractivity contribution in [1.29, 1.82) is 0 Å². The molecule has 0 saturated carbocycles. The summed E-state index contributed by atoms with van der Waals surface area (Å²) in [5, 5.41) is 21.2. The van der Waals surface area contributed by atoms with Gasteiger partial charge in [0.1, 0.15) is 0 Å². The molecular weight excluding hydrogens is 267 g/mol. The molecule has 0 aliphatic carbocycles. The standard InChI is InChI=1S/C16H11BO2S/c18-17(19)11-7-8-12-13-5-1-3-10-4-2-6-14(16(10)13)20-15(12)9-11/h1-9,18-19H. The molecule has 0 amide bonds. The minimum Gasteiger partial charge on any atom is -0.423 e. The van der Waals surface area contributed by atoms with E-state index in [0.717, 1.165) is 10.5 Å². The third-order valence-corrected chi connectivity index (χ3v) is 4.80. The summed E-state index contributed by atoms with van der Waals surface area (Å²) in [7, 11) is -1.42. The Kier molecular flexibility index (Phi) is 2.64. The van der Waals surface area contributed by atoms with Crippen LogP contribution in [0.1, 0.15) is 0 Å². The van der Waals surface area contributed by atoms with Crippen molar-refractivity contribution in [2.75, 3.05) is 0 Å². The van der Waals surface area contributed by atoms with Crippen molar-refractivity contribution in [3.05, 3.63) is 54.6 Å². The van der Waals surface area contributed by atoms with Gasteiger partial charge in [0.15, 0.2) is 0 Å². The summed E-state index contributed by atoms with van der Waals surface area (Å²) in [6.07, 6.45) is 0. The number of hydrogen-bond donors (Lipinski definition) is 2. The normalized spacial score (nSPS) is 12.3. The molecule has 0 aromatic heterocycles. The Bertz CT molecular complexity index is 825. The van der Waals surface area contributed by atoms with Crippen molar-refractivity contribution in [1.82, 2.24) is 0 Å². The molecule has 1 heterocycles. The Morgan fingerprint density at radius 2 is 1.60 bits per heavy atom. The van der Waals surface area contributed by atoms with Crippen LogP contribution in [0, 0.1) is 0 Å². The van der Waals surface area contributed by atoms with Gasteiger partial charge in [0.25, 0.3) is 0 Å². The molecule has 1 aliphatic heterocycles. The summed E-state index contributed by atoms with van der Waals surface area (Å²) in [5.74, 6) is 0. The Balaban J connectivity index is 2.04. The summed E-state index contributed by atoms with van der Waals surface area (Å²) >= 11 is 1.68. The first-order chi connectivity index (χ1) is 9.74. The third kappa shape index (κ3) is 1.69. The van der Waals surface area contributed by atoms with Crippen LogP contribution in [0.15, 0.2) is 64.4 Å². The van der Waals surface area contributed by atoms with Crippen molar-refractivity contribution in [3.8, 4) is 11.1 Å². The summed E-state index contributed by atoms with van der Waals surface area (Å²) in [5.41, 5.74) is 2.90. The van der Waals surface area contributed by atoms with Crippen LogP contribution in [0.4, 0.5) is 0 Å². The topological polar surface area (TPSA) is 40.5 Å². The third-order valence-electron chi connectivity index (χ3n) is 3.68. The first-order valence-corrected chi connectivity index (χ1v) is 7.26. The second kappa shape index (κ2) is 4.38. The minimum absolute atomic E-state index is 0.530. The van der Waals surface area contributed by atoms with Crippen molar-refractivity contribution < 1.29 is 10.0 Å². The quantitative estimate of drug-likeness (QED) is 0.526. The van der Waals surface area contributed by atoms with Gasteiger partial charge in [-0.3, -0.25) is 0 Å². The zero-order chi connectivity index (χ0) is 13.7. The maximum Gasteiger partial charge on any atom is 0.488 e. The van der Waals surface area contributed by atoms with Gasteiger partial charge in [0.05, 0.1) is 0 Å². The SMILES string of the molecule is OB(O)c1ccc2c(c1)Sc1cccc3cccc-2c13. The fraction of sp³-hybridized carbons (Fsp3) is 0. The largest absolute Gasteiger partial charge is 0.488 e. The first kappa shape index (κ1) is 12.0. The predicted octanol–water partition coefficient (Wildman–Crippen LogP) is 2.65. The molecular formula is C16H11BO2S. The van der Waals surface area contributed by atoms with Crippen LogP contribution in [0.3, 0.4) is 0 Å². The highest BCUT2D eigenvalue weighted by Gasteiger charge is 2.21. The van der Waals surface area contributed by atoms with Crippen LogP contribution in [0.5, 0.6) is 0 Å². The molecule has 0 atom stereocenters. The average molecular weight is 278 g/mol. The van der Waals surface area contributed by atoms with Crippen LogP contribution in [-0.2, 0) is 0 Å². The maximum absolute atomic E-state index is 9.32. The average Bonchev–Trinajstić information content (AvgIpc) is 2.47. The van der Waals surface area contributed by atoms with Gasteiger partial charge >= 0.3 is 7.12 Å². The Morgan fingerprint density at radius 1 is 0.800 bits per heavy atom. The fourth-order valence-corrected chi connectivity index (χ4v) is 3.94. The van der Waals surface area contributed by atoms with Crippen LogP contribution in [0.2, 0.25) is 0 Å². The van der Waals surface area contributed by atoms with Crippen LogP contribution >= 0.6 is 11.8 Å². The lowest BCUT2D eigenvalue weighted by Crippen LogP contribution is -2.29. The first-order valence-electron chi connectivity index (χ1n) is 6.44. The van der Waals surface area contributed by atoms with Gasteiger partial charge in [-0.05, 0) is 34.1 Å². The molecule has 0 fully saturated rings. The second-order valence-corrected chi connectivity index (χ2v) is 5.97. The van der Waals surface area contributed by atoms with Gasteiger partial charge in [-0.15, -0.1) is 0 Å². The highest BCUT2D eigenvalue weighted by molar-refractivity contribution is 7.99. The number of fused-ring (bicyclic) bond motifs is 2. The minimum atomic E-state index is -1.42. The Hall–Kier alpha value is -1.75. The van der Waals surface area contributed by atoms with Crippen molar-refractivity contribution >= 4 is 35.1 Å². The highest BCUT2D eigenvalue weighted by atomic mass is 32.2. The zero-order valence-corrected chi connectivity index (χ0v) is 11.4. The van der Waals surface area contributed by atoms with Gasteiger partial charge < -0.3 is 10.0 Å². The van der Waals surface area contributed by atoms with Gasteiger partial charge in [-0.1, -0.05) is 54.2 Å². The molecule has 0 bridgehead atoms. The molecule has 2 N–H and O–H groups in total. The van der Waals surface area contributed by atoms with E-state index >= 15 is 0 Å². The van der Waals surface area contributed by atoms with Crippen molar-refractivity contribution in [3.63, 3.8) is 0 Å². The molecule has 0 radical (unpaired) electrons. The van der Waals surface area contributed by atoms with E-state index in [0.29, 0.717) is 5.46 Å². The molecule has 0 saturated heterocycles. The van der Waals surface area contributed by atoms with Gasteiger partial charge in [-0.25, -0.2) is 0 Å². The molecule has 2 nitrogen and oxygen atoms in total. The fourth-order valence-electron chi connectivity index (χ4n) is 2.74. The summed E-state index contributed by atoms with van der Waals surface area (Å²) in [6, 6.07) is 18.2. The van der Waals surface area contributed by atoms with Crippen LogP contribution in [-0.4, -0.2) is 17.2 Å². The molecule has 20 heavy (non-hydrogen) atoms. The monoisotopic (exact) mass is 278 g/mol. The van der Waals surface area contributed by atoms with Crippen LogP contribution in [0.25, 0.3) is 21.9 Å². The van der Waals surface area contributed by atoms with E-state index in [1.165, 1.54) is 21.2 Å². The smallest absolute Gasteiger partial charge is 0.423 e. The van der Waals surface area contributed by atoms with E-state index < -0.39 is 7.12 Å². The summed E-state index contributed by atoms with van der Waals surface area (Å²) in [4.78, 5) is 2.29. The molecule has 0 spiro atoms. The van der Waals surface area contributed by atoms with Crippen molar-refractivity contribution in [2.45, 2.75) is 9.79 Å². The molecule has 3 aromatic rings. The van der Waals surface area contributed by atoms with E-state index in [4.69, 9.17) is 0 Å². The summed E-state index contributed by atoms with van der Waals surface area (Å²) in [6.45, 7) is 0. The highest BCUT2D eigenvalue weighted by Crippen LogP contribution is 2.47. The van der Waals surface area contributed by atoms with Crippen LogP contribution < -0.4 is 5.46 Å². The van der Waals surface area contributed by atoms with Gasteiger partial charge in [-0.2, -0.15) is 0 Å². The number of rotatable bonds is 1. The molecule has 0 unspecified atom stereocenters. The predicted molar refractivity (Wildman–Crippen MR) is 83.3 cm³/mol. The molecule has 96 valence electrons. The lowest BCUT2D eigenvalue weighted by molar-refractivity contribution is 0.425. The zero-order valence-electron chi connectivity index (χ0n) is 10.6. The molecule has 4 rings (SSSR count). The van der Waals surface area contributed by atoms with E-state index in [-0.39, 0.29) is 0 Å². The maximum atomic E-state index is 9.32. The van der Waals surface area contributed by atoms with Crippen molar-refractivity contribution in [2.24, 2.45) is 0 Å². The van der Waals surface area contributed by atoms with E-state index in [1.807, 2.05) is 12.1 Å². The number of hydrogen-bond acceptors (Lipinski definition) is 3. The second-order valence-electron chi connectivity index (χ2n) is 4.89. The Morgan fingerprint density at radius 3 is 2.40 bits per heavy atom. The Labute approximate surface area is 121 Å². The summed E-state index contributed by atoms with van der Waals surface area (Å²) < 4.78 is 0.